The summed E-state index contributed by atoms with van der Waals surface area (Å²) in [6.45, 7) is 0.00837. The van der Waals surface area contributed by atoms with Crippen LogP contribution in [-0.4, -0.2) is 23.6 Å². The quantitative estimate of drug-likeness (QED) is 0.550. The Labute approximate surface area is 174 Å². The van der Waals surface area contributed by atoms with Crippen molar-refractivity contribution in [2.75, 3.05) is 7.11 Å². The van der Waals surface area contributed by atoms with Crippen molar-refractivity contribution < 1.29 is 14.3 Å². The Bertz CT molecular complexity index is 1150. The molecule has 0 unspecified atom stereocenters. The molecule has 3 aromatic rings. The second-order valence-corrected chi connectivity index (χ2v) is 8.69. The number of aryl methyl sites for hydroxylation is 2. The van der Waals surface area contributed by atoms with Crippen LogP contribution < -0.4 is 4.80 Å². The Kier molecular flexibility index (Phi) is 5.46. The Morgan fingerprint density at radius 1 is 1.14 bits per heavy atom. The molecule has 0 fully saturated rings. The summed E-state index contributed by atoms with van der Waals surface area (Å²) in [5.41, 5.74) is 4.00. The number of ether oxygens (including phenoxy) is 1. The average molecular weight is 459 g/mol. The molecule has 1 aromatic heterocycles. The summed E-state index contributed by atoms with van der Waals surface area (Å²) in [5, 5.41) is 0. The van der Waals surface area contributed by atoms with Gasteiger partial charge in [0.2, 0.25) is 0 Å². The lowest BCUT2D eigenvalue weighted by Crippen LogP contribution is -2.22. The van der Waals surface area contributed by atoms with Crippen molar-refractivity contribution in [3.05, 3.63) is 62.4 Å². The standard InChI is InChI=1S/C21H19BrN2O3S/c1-27-19(25)12-24-17-9-8-16(22)11-18(17)28-21(24)23-20(26)15-7-6-13-4-2-3-5-14(13)10-15/h6-11H,2-5,12H2,1H3. The number of nitrogens with zero attached hydrogens (tertiary/aromatic N) is 2. The van der Waals surface area contributed by atoms with Crippen molar-refractivity contribution >= 4 is 49.4 Å². The number of hydrogen-bond donors (Lipinski definition) is 0. The maximum Gasteiger partial charge on any atom is 0.325 e. The lowest BCUT2D eigenvalue weighted by Gasteiger charge is -2.15. The van der Waals surface area contributed by atoms with Crippen LogP contribution in [0.15, 0.2) is 45.9 Å². The number of fused-ring (bicyclic) bond motifs is 2. The summed E-state index contributed by atoms with van der Waals surface area (Å²) in [6.07, 6.45) is 4.45. The van der Waals surface area contributed by atoms with Gasteiger partial charge in [0.15, 0.2) is 4.80 Å². The van der Waals surface area contributed by atoms with Crippen molar-refractivity contribution in [1.29, 1.82) is 0 Å². The highest BCUT2D eigenvalue weighted by Crippen LogP contribution is 2.24. The van der Waals surface area contributed by atoms with E-state index in [2.05, 4.69) is 20.9 Å². The van der Waals surface area contributed by atoms with Crippen molar-refractivity contribution in [3.8, 4) is 0 Å². The number of hydrogen-bond acceptors (Lipinski definition) is 4. The fraction of sp³-hybridized carbons (Fsp3) is 0.286. The molecule has 144 valence electrons. The minimum Gasteiger partial charge on any atom is -0.468 e. The third-order valence-electron chi connectivity index (χ3n) is 4.95. The molecule has 0 saturated carbocycles. The molecule has 0 radical (unpaired) electrons. The largest absolute Gasteiger partial charge is 0.468 e. The number of esters is 1. The molecule has 28 heavy (non-hydrogen) atoms. The monoisotopic (exact) mass is 458 g/mol. The number of amides is 1. The minimum atomic E-state index is -0.384. The third-order valence-corrected chi connectivity index (χ3v) is 6.49. The van der Waals surface area contributed by atoms with Crippen molar-refractivity contribution in [2.24, 2.45) is 4.99 Å². The molecule has 5 nitrogen and oxygen atoms in total. The van der Waals surface area contributed by atoms with E-state index in [1.54, 1.807) is 4.57 Å². The molecule has 0 bridgehead atoms. The van der Waals surface area contributed by atoms with E-state index < -0.39 is 0 Å². The second kappa shape index (κ2) is 8.01. The number of halogens is 1. The van der Waals surface area contributed by atoms with Gasteiger partial charge in [0.1, 0.15) is 6.54 Å². The zero-order chi connectivity index (χ0) is 19.7. The van der Waals surface area contributed by atoms with Gasteiger partial charge in [-0.25, -0.2) is 0 Å². The average Bonchev–Trinajstić information content (AvgIpc) is 3.03. The number of rotatable bonds is 3. The third kappa shape index (κ3) is 3.82. The van der Waals surface area contributed by atoms with Gasteiger partial charge in [0.25, 0.3) is 5.91 Å². The van der Waals surface area contributed by atoms with Crippen LogP contribution in [0.3, 0.4) is 0 Å². The van der Waals surface area contributed by atoms with E-state index in [1.807, 2.05) is 36.4 Å². The topological polar surface area (TPSA) is 60.7 Å². The Morgan fingerprint density at radius 3 is 2.71 bits per heavy atom. The summed E-state index contributed by atoms with van der Waals surface area (Å²) >= 11 is 4.84. The fourth-order valence-corrected chi connectivity index (χ4v) is 5.08. The molecule has 0 atom stereocenters. The van der Waals surface area contributed by atoms with E-state index in [0.29, 0.717) is 10.4 Å². The molecular weight excluding hydrogens is 440 g/mol. The van der Waals surface area contributed by atoms with E-state index in [-0.39, 0.29) is 18.4 Å². The van der Waals surface area contributed by atoms with Crippen LogP contribution in [0, 0.1) is 0 Å². The molecule has 1 heterocycles. The van der Waals surface area contributed by atoms with E-state index in [4.69, 9.17) is 4.74 Å². The molecule has 7 heteroatoms. The summed E-state index contributed by atoms with van der Waals surface area (Å²) in [5.74, 6) is -0.678. The van der Waals surface area contributed by atoms with Gasteiger partial charge in [0, 0.05) is 10.0 Å². The normalized spacial score (nSPS) is 14.1. The van der Waals surface area contributed by atoms with Gasteiger partial charge < -0.3 is 9.30 Å². The van der Waals surface area contributed by atoms with Gasteiger partial charge in [-0.15, -0.1) is 0 Å². The molecule has 2 aromatic carbocycles. The number of carbonyl (C=O) groups is 2. The molecule has 4 rings (SSSR count). The van der Waals surface area contributed by atoms with E-state index in [1.165, 1.54) is 36.0 Å². The SMILES string of the molecule is COC(=O)Cn1c(=NC(=O)c2ccc3c(c2)CCCC3)sc2cc(Br)ccc21. The van der Waals surface area contributed by atoms with Crippen LogP contribution in [0.1, 0.15) is 34.3 Å². The first-order chi connectivity index (χ1) is 13.5. The van der Waals surface area contributed by atoms with Crippen molar-refractivity contribution in [3.63, 3.8) is 0 Å². The highest BCUT2D eigenvalue weighted by molar-refractivity contribution is 9.10. The molecule has 1 amide bonds. The van der Waals surface area contributed by atoms with E-state index in [9.17, 15) is 9.59 Å². The van der Waals surface area contributed by atoms with Gasteiger partial charge in [-0.3, -0.25) is 9.59 Å². The van der Waals surface area contributed by atoms with Gasteiger partial charge in [-0.2, -0.15) is 4.99 Å². The summed E-state index contributed by atoms with van der Waals surface area (Å²) in [7, 11) is 1.35. The van der Waals surface area contributed by atoms with Crippen LogP contribution in [-0.2, 0) is 28.9 Å². The summed E-state index contributed by atoms with van der Waals surface area (Å²) in [4.78, 5) is 29.6. The summed E-state index contributed by atoms with van der Waals surface area (Å²) < 4.78 is 8.41. The molecule has 0 N–H and O–H groups in total. The zero-order valence-corrected chi connectivity index (χ0v) is 17.8. The van der Waals surface area contributed by atoms with E-state index >= 15 is 0 Å². The van der Waals surface area contributed by atoms with Crippen LogP contribution in [0.25, 0.3) is 10.2 Å². The second-order valence-electron chi connectivity index (χ2n) is 6.77. The van der Waals surface area contributed by atoms with Crippen LogP contribution in [0.4, 0.5) is 0 Å². The van der Waals surface area contributed by atoms with Crippen molar-refractivity contribution in [2.45, 2.75) is 32.2 Å². The number of carbonyl (C=O) groups excluding carboxylic acids is 2. The maximum absolute atomic E-state index is 12.9. The van der Waals surface area contributed by atoms with Gasteiger partial charge in [-0.1, -0.05) is 33.3 Å². The lowest BCUT2D eigenvalue weighted by molar-refractivity contribution is -0.141. The Balaban J connectivity index is 1.78. The summed E-state index contributed by atoms with van der Waals surface area (Å²) in [6, 6.07) is 11.6. The highest BCUT2D eigenvalue weighted by atomic mass is 79.9. The van der Waals surface area contributed by atoms with Crippen LogP contribution >= 0.6 is 27.3 Å². The van der Waals surface area contributed by atoms with Gasteiger partial charge >= 0.3 is 5.97 Å². The highest BCUT2D eigenvalue weighted by Gasteiger charge is 2.15. The maximum atomic E-state index is 12.9. The Morgan fingerprint density at radius 2 is 1.93 bits per heavy atom. The number of methoxy groups -OCH3 is 1. The first kappa shape index (κ1) is 19.1. The molecule has 0 aliphatic heterocycles. The lowest BCUT2D eigenvalue weighted by atomic mass is 9.90. The zero-order valence-electron chi connectivity index (χ0n) is 15.4. The first-order valence-corrected chi connectivity index (χ1v) is 10.7. The van der Waals surface area contributed by atoms with Crippen LogP contribution in [0.5, 0.6) is 0 Å². The van der Waals surface area contributed by atoms with Crippen LogP contribution in [0.2, 0.25) is 0 Å². The number of benzene rings is 2. The smallest absolute Gasteiger partial charge is 0.325 e. The molecule has 1 aliphatic carbocycles. The molecule has 0 spiro atoms. The predicted octanol–water partition coefficient (Wildman–Crippen LogP) is 4.26. The molecule has 0 saturated heterocycles. The predicted molar refractivity (Wildman–Crippen MR) is 113 cm³/mol. The number of aromatic nitrogens is 1. The first-order valence-electron chi connectivity index (χ1n) is 9.12. The fourth-order valence-electron chi connectivity index (χ4n) is 3.50. The van der Waals surface area contributed by atoms with Crippen molar-refractivity contribution in [1.82, 2.24) is 4.57 Å². The van der Waals surface area contributed by atoms with Gasteiger partial charge in [-0.05, 0) is 67.1 Å². The van der Waals surface area contributed by atoms with Gasteiger partial charge in [0.05, 0.1) is 17.3 Å². The Hall–Kier alpha value is -2.25. The molecular formula is C21H19BrN2O3S. The number of thiazole rings is 1. The molecule has 1 aliphatic rings. The minimum absolute atomic E-state index is 0.00837. The van der Waals surface area contributed by atoms with E-state index in [0.717, 1.165) is 34.0 Å².